The fourth-order valence-corrected chi connectivity index (χ4v) is 1.49. The van der Waals surface area contributed by atoms with Gasteiger partial charge in [-0.15, -0.1) is 0 Å². The zero-order chi connectivity index (χ0) is 14.1. The number of benzene rings is 1. The van der Waals surface area contributed by atoms with Gasteiger partial charge in [-0.1, -0.05) is 20.3 Å². The Labute approximate surface area is 114 Å². The van der Waals surface area contributed by atoms with Crippen molar-refractivity contribution in [3.05, 3.63) is 29.8 Å². The Morgan fingerprint density at radius 1 is 1.32 bits per heavy atom. The van der Waals surface area contributed by atoms with Gasteiger partial charge in [0, 0.05) is 12.1 Å². The number of unbranched alkanes of at least 4 members (excludes halogenated alkanes) is 1. The third-order valence-corrected chi connectivity index (χ3v) is 2.85. The first kappa shape index (κ1) is 15.5. The molecule has 0 aliphatic heterocycles. The summed E-state index contributed by atoms with van der Waals surface area (Å²) in [6, 6.07) is 7.05. The molecule has 0 fully saturated rings. The summed E-state index contributed by atoms with van der Waals surface area (Å²) in [5, 5.41) is 12.1. The van der Waals surface area contributed by atoms with Crippen molar-refractivity contribution in [2.45, 2.75) is 39.2 Å². The van der Waals surface area contributed by atoms with E-state index in [1.807, 2.05) is 6.92 Å². The van der Waals surface area contributed by atoms with E-state index >= 15 is 0 Å². The number of ether oxygens (including phenoxy) is 1. The zero-order valence-corrected chi connectivity index (χ0v) is 11.7. The van der Waals surface area contributed by atoms with Crippen LogP contribution in [0.15, 0.2) is 24.3 Å². The van der Waals surface area contributed by atoms with Crippen LogP contribution in [-0.2, 0) is 0 Å². The minimum atomic E-state index is -0.486. The van der Waals surface area contributed by atoms with Crippen LogP contribution >= 0.6 is 0 Å². The Hall–Kier alpha value is -1.55. The SMILES string of the molecule is CCCCOc1ccc(C(=O)NCC(O)CC)cc1. The molecule has 0 aromatic heterocycles. The van der Waals surface area contributed by atoms with E-state index in [-0.39, 0.29) is 12.5 Å². The average molecular weight is 265 g/mol. The van der Waals surface area contributed by atoms with Gasteiger partial charge in [0.05, 0.1) is 12.7 Å². The second-order valence-corrected chi connectivity index (χ2v) is 4.50. The minimum Gasteiger partial charge on any atom is -0.494 e. The second kappa shape index (κ2) is 8.53. The summed E-state index contributed by atoms with van der Waals surface area (Å²) >= 11 is 0. The molecule has 106 valence electrons. The number of hydrogen-bond acceptors (Lipinski definition) is 3. The van der Waals surface area contributed by atoms with E-state index in [1.54, 1.807) is 24.3 Å². The molecule has 4 nitrogen and oxygen atoms in total. The average Bonchev–Trinajstić information content (AvgIpc) is 2.45. The Kier molecular flexibility index (Phi) is 6.97. The molecule has 4 heteroatoms. The van der Waals surface area contributed by atoms with Crippen LogP contribution < -0.4 is 10.1 Å². The van der Waals surface area contributed by atoms with E-state index in [9.17, 15) is 9.90 Å². The van der Waals surface area contributed by atoms with Gasteiger partial charge in [-0.25, -0.2) is 0 Å². The topological polar surface area (TPSA) is 58.6 Å². The number of hydrogen-bond donors (Lipinski definition) is 2. The van der Waals surface area contributed by atoms with Crippen molar-refractivity contribution < 1.29 is 14.6 Å². The van der Waals surface area contributed by atoms with E-state index in [0.29, 0.717) is 18.6 Å². The quantitative estimate of drug-likeness (QED) is 0.709. The molecule has 0 aliphatic rings. The number of nitrogens with one attached hydrogen (secondary N) is 1. The van der Waals surface area contributed by atoms with Gasteiger partial charge in [0.25, 0.3) is 5.91 Å². The highest BCUT2D eigenvalue weighted by molar-refractivity contribution is 5.94. The summed E-state index contributed by atoms with van der Waals surface area (Å²) in [4.78, 5) is 11.8. The number of amides is 1. The predicted molar refractivity (Wildman–Crippen MR) is 75.5 cm³/mol. The molecule has 0 spiro atoms. The van der Waals surface area contributed by atoms with Crippen LogP contribution in [0.5, 0.6) is 5.75 Å². The summed E-state index contributed by atoms with van der Waals surface area (Å²) in [6.07, 6.45) is 2.27. The molecule has 1 atom stereocenters. The largest absolute Gasteiger partial charge is 0.494 e. The molecule has 0 radical (unpaired) electrons. The number of rotatable bonds is 8. The van der Waals surface area contributed by atoms with Gasteiger partial charge >= 0.3 is 0 Å². The van der Waals surface area contributed by atoms with E-state index in [4.69, 9.17) is 4.74 Å². The highest BCUT2D eigenvalue weighted by atomic mass is 16.5. The van der Waals surface area contributed by atoms with Crippen molar-refractivity contribution in [3.8, 4) is 5.75 Å². The van der Waals surface area contributed by atoms with Crippen LogP contribution in [0.4, 0.5) is 0 Å². The van der Waals surface area contributed by atoms with Crippen molar-refractivity contribution in [2.75, 3.05) is 13.2 Å². The van der Waals surface area contributed by atoms with Crippen molar-refractivity contribution >= 4 is 5.91 Å². The fraction of sp³-hybridized carbons (Fsp3) is 0.533. The van der Waals surface area contributed by atoms with E-state index < -0.39 is 6.10 Å². The fourth-order valence-electron chi connectivity index (χ4n) is 1.49. The molecule has 1 aromatic carbocycles. The molecule has 1 aromatic rings. The number of aliphatic hydroxyl groups excluding tert-OH is 1. The van der Waals surface area contributed by atoms with Crippen molar-refractivity contribution in [2.24, 2.45) is 0 Å². The maximum Gasteiger partial charge on any atom is 0.251 e. The molecule has 1 amide bonds. The molecule has 1 unspecified atom stereocenters. The second-order valence-electron chi connectivity index (χ2n) is 4.50. The van der Waals surface area contributed by atoms with Crippen molar-refractivity contribution in [3.63, 3.8) is 0 Å². The monoisotopic (exact) mass is 265 g/mol. The first-order valence-corrected chi connectivity index (χ1v) is 6.86. The number of carbonyl (C=O) groups is 1. The number of carbonyl (C=O) groups excluding carboxylic acids is 1. The minimum absolute atomic E-state index is 0.174. The Morgan fingerprint density at radius 3 is 2.58 bits per heavy atom. The van der Waals surface area contributed by atoms with Crippen molar-refractivity contribution in [1.29, 1.82) is 0 Å². The van der Waals surface area contributed by atoms with Gasteiger partial charge in [0.15, 0.2) is 0 Å². The lowest BCUT2D eigenvalue weighted by atomic mass is 10.2. The molecular weight excluding hydrogens is 242 g/mol. The Morgan fingerprint density at radius 2 is 2.00 bits per heavy atom. The van der Waals surface area contributed by atoms with Crippen LogP contribution in [0, 0.1) is 0 Å². The molecule has 0 saturated carbocycles. The standard InChI is InChI=1S/C15H23NO3/c1-3-5-10-19-14-8-6-12(7-9-14)15(18)16-11-13(17)4-2/h6-9,13,17H,3-5,10-11H2,1-2H3,(H,16,18). The lowest BCUT2D eigenvalue weighted by molar-refractivity contribution is 0.0914. The first-order chi connectivity index (χ1) is 9.17. The Bertz CT molecular complexity index is 375. The van der Waals surface area contributed by atoms with Crippen LogP contribution in [0.1, 0.15) is 43.5 Å². The van der Waals surface area contributed by atoms with Crippen LogP contribution in [0.2, 0.25) is 0 Å². The van der Waals surface area contributed by atoms with Gasteiger partial charge in [-0.3, -0.25) is 4.79 Å². The molecule has 0 heterocycles. The summed E-state index contributed by atoms with van der Waals surface area (Å²) in [5.74, 6) is 0.603. The van der Waals surface area contributed by atoms with Gasteiger partial charge in [-0.05, 0) is 37.1 Å². The van der Waals surface area contributed by atoms with E-state index in [0.717, 1.165) is 18.6 Å². The summed E-state index contributed by atoms with van der Waals surface area (Å²) in [7, 11) is 0. The molecule has 0 saturated heterocycles. The van der Waals surface area contributed by atoms with E-state index in [1.165, 1.54) is 0 Å². The third kappa shape index (κ3) is 5.75. The molecule has 2 N–H and O–H groups in total. The van der Waals surface area contributed by atoms with Crippen LogP contribution in [0.25, 0.3) is 0 Å². The molecule has 19 heavy (non-hydrogen) atoms. The smallest absolute Gasteiger partial charge is 0.251 e. The summed E-state index contributed by atoms with van der Waals surface area (Å²) < 4.78 is 5.53. The molecule has 1 rings (SSSR count). The molecular formula is C15H23NO3. The summed E-state index contributed by atoms with van der Waals surface area (Å²) in [5.41, 5.74) is 0.575. The van der Waals surface area contributed by atoms with Gasteiger partial charge in [-0.2, -0.15) is 0 Å². The normalized spacial score (nSPS) is 11.9. The highest BCUT2D eigenvalue weighted by Crippen LogP contribution is 2.12. The van der Waals surface area contributed by atoms with Gasteiger partial charge in [0.2, 0.25) is 0 Å². The maximum atomic E-state index is 11.8. The molecule has 0 bridgehead atoms. The van der Waals surface area contributed by atoms with Gasteiger partial charge < -0.3 is 15.2 Å². The number of aliphatic hydroxyl groups is 1. The highest BCUT2D eigenvalue weighted by Gasteiger charge is 2.07. The first-order valence-electron chi connectivity index (χ1n) is 6.86. The zero-order valence-electron chi connectivity index (χ0n) is 11.7. The third-order valence-electron chi connectivity index (χ3n) is 2.85. The summed E-state index contributed by atoms with van der Waals surface area (Å²) in [6.45, 7) is 4.97. The van der Waals surface area contributed by atoms with Crippen molar-refractivity contribution in [1.82, 2.24) is 5.32 Å². The lowest BCUT2D eigenvalue weighted by Crippen LogP contribution is -2.31. The van der Waals surface area contributed by atoms with Gasteiger partial charge in [0.1, 0.15) is 5.75 Å². The Balaban J connectivity index is 2.44. The van der Waals surface area contributed by atoms with Crippen LogP contribution in [0.3, 0.4) is 0 Å². The van der Waals surface area contributed by atoms with Crippen LogP contribution in [-0.4, -0.2) is 30.3 Å². The lowest BCUT2D eigenvalue weighted by Gasteiger charge is -2.10. The molecule has 0 aliphatic carbocycles. The van der Waals surface area contributed by atoms with E-state index in [2.05, 4.69) is 12.2 Å². The predicted octanol–water partition coefficient (Wildman–Crippen LogP) is 2.37. The maximum absolute atomic E-state index is 11.8.